The number of phenols is 1. The number of hydrogen-bond acceptors (Lipinski definition) is 3. The van der Waals surface area contributed by atoms with Gasteiger partial charge in [0.25, 0.3) is 0 Å². The highest BCUT2D eigenvalue weighted by molar-refractivity contribution is 5.71. The monoisotopic (exact) mass is 234 g/mol. The number of carbonyl (C=O) groups is 1. The molecule has 0 spiro atoms. The first-order valence-electron chi connectivity index (χ1n) is 5.74. The van der Waals surface area contributed by atoms with Crippen LogP contribution in [0.5, 0.6) is 5.75 Å². The average Bonchev–Trinajstić information content (AvgIpc) is 2.30. The van der Waals surface area contributed by atoms with Crippen molar-refractivity contribution in [3.05, 3.63) is 42.0 Å². The van der Waals surface area contributed by atoms with Crippen molar-refractivity contribution in [2.45, 2.75) is 26.2 Å². The van der Waals surface area contributed by atoms with Crippen LogP contribution in [-0.4, -0.2) is 17.7 Å². The van der Waals surface area contributed by atoms with Crippen molar-refractivity contribution in [1.29, 1.82) is 0 Å². The van der Waals surface area contributed by atoms with Crippen LogP contribution in [0, 0.1) is 0 Å². The first-order valence-corrected chi connectivity index (χ1v) is 5.74. The smallest absolute Gasteiger partial charge is 0.306 e. The van der Waals surface area contributed by atoms with Crippen molar-refractivity contribution >= 4 is 5.97 Å². The Morgan fingerprint density at radius 3 is 2.59 bits per heavy atom. The average molecular weight is 234 g/mol. The molecule has 0 aliphatic heterocycles. The molecule has 92 valence electrons. The van der Waals surface area contributed by atoms with Gasteiger partial charge in [0.05, 0.1) is 13.0 Å². The van der Waals surface area contributed by atoms with Gasteiger partial charge in [-0.05, 0) is 31.5 Å². The minimum absolute atomic E-state index is 0.000324. The van der Waals surface area contributed by atoms with Crippen molar-refractivity contribution in [2.75, 3.05) is 6.61 Å². The molecule has 1 N–H and O–H groups in total. The van der Waals surface area contributed by atoms with Crippen LogP contribution < -0.4 is 0 Å². The van der Waals surface area contributed by atoms with Crippen LogP contribution >= 0.6 is 0 Å². The fraction of sp³-hybridized carbons (Fsp3) is 0.357. The maximum Gasteiger partial charge on any atom is 0.306 e. The quantitative estimate of drug-likeness (QED) is 0.629. The van der Waals surface area contributed by atoms with Gasteiger partial charge in [-0.1, -0.05) is 24.3 Å². The molecule has 3 heteroatoms. The lowest BCUT2D eigenvalue weighted by atomic mass is 9.95. The van der Waals surface area contributed by atoms with Gasteiger partial charge < -0.3 is 9.84 Å². The molecule has 1 rings (SSSR count). The summed E-state index contributed by atoms with van der Waals surface area (Å²) in [7, 11) is 0. The highest BCUT2D eigenvalue weighted by Gasteiger charge is 2.13. The molecule has 0 aliphatic carbocycles. The Bertz CT molecular complexity index is 379. The third-order valence-corrected chi connectivity index (χ3v) is 2.44. The van der Waals surface area contributed by atoms with Gasteiger partial charge in [-0.2, -0.15) is 0 Å². The van der Waals surface area contributed by atoms with E-state index in [0.29, 0.717) is 13.0 Å². The predicted octanol–water partition coefficient (Wildman–Crippen LogP) is 3.01. The molecule has 0 saturated carbocycles. The highest BCUT2D eigenvalue weighted by Crippen LogP contribution is 2.23. The summed E-state index contributed by atoms with van der Waals surface area (Å²) in [4.78, 5) is 11.5. The van der Waals surface area contributed by atoms with Crippen LogP contribution in [0.3, 0.4) is 0 Å². The summed E-state index contributed by atoms with van der Waals surface area (Å²) in [6, 6.07) is 6.88. The summed E-state index contributed by atoms with van der Waals surface area (Å²) in [5.74, 6) is 0.0208. The van der Waals surface area contributed by atoms with Crippen molar-refractivity contribution in [3.63, 3.8) is 0 Å². The molecule has 1 unspecified atom stereocenters. The number of hydrogen-bond donors (Lipinski definition) is 1. The number of rotatable bonds is 5. The number of aromatic hydroxyl groups is 1. The van der Waals surface area contributed by atoms with E-state index in [1.165, 1.54) is 0 Å². The number of ether oxygens (including phenoxy) is 1. The Kier molecular flexibility index (Phi) is 5.27. The van der Waals surface area contributed by atoms with Crippen LogP contribution in [0.4, 0.5) is 0 Å². The molecule has 0 heterocycles. The molecule has 0 fully saturated rings. The zero-order chi connectivity index (χ0) is 12.7. The Balaban J connectivity index is 2.78. The maximum atomic E-state index is 11.5. The molecule has 0 bridgehead atoms. The largest absolute Gasteiger partial charge is 0.508 e. The van der Waals surface area contributed by atoms with E-state index in [1.807, 2.05) is 31.2 Å². The second-order valence-electron chi connectivity index (χ2n) is 3.73. The summed E-state index contributed by atoms with van der Waals surface area (Å²) in [6.07, 6.45) is 4.20. The molecule has 0 aliphatic rings. The van der Waals surface area contributed by atoms with Gasteiger partial charge in [0, 0.05) is 5.92 Å². The van der Waals surface area contributed by atoms with Gasteiger partial charge in [-0.25, -0.2) is 0 Å². The SMILES string of the molecule is C/C=C/C(CC(=O)OCC)c1ccc(O)cc1. The van der Waals surface area contributed by atoms with Crippen LogP contribution in [0.25, 0.3) is 0 Å². The fourth-order valence-corrected chi connectivity index (χ4v) is 1.65. The molecule has 0 amide bonds. The Labute approximate surface area is 102 Å². The predicted molar refractivity (Wildman–Crippen MR) is 66.9 cm³/mol. The minimum atomic E-state index is -0.205. The lowest BCUT2D eigenvalue weighted by molar-refractivity contribution is -0.143. The standard InChI is InChI=1S/C14H18O3/c1-3-5-12(10-14(16)17-4-2)11-6-8-13(15)9-7-11/h3,5-9,12,15H,4,10H2,1-2H3/b5-3+. The lowest BCUT2D eigenvalue weighted by Crippen LogP contribution is -2.09. The molecule has 1 atom stereocenters. The van der Waals surface area contributed by atoms with E-state index >= 15 is 0 Å². The second-order valence-corrected chi connectivity index (χ2v) is 3.73. The lowest BCUT2D eigenvalue weighted by Gasteiger charge is -2.12. The Hall–Kier alpha value is -1.77. The van der Waals surface area contributed by atoms with Crippen molar-refractivity contribution in [3.8, 4) is 5.75 Å². The molecular formula is C14H18O3. The van der Waals surface area contributed by atoms with E-state index in [2.05, 4.69) is 0 Å². The summed E-state index contributed by atoms with van der Waals surface area (Å²) in [5, 5.41) is 9.22. The van der Waals surface area contributed by atoms with Crippen molar-refractivity contribution in [2.24, 2.45) is 0 Å². The van der Waals surface area contributed by atoms with Gasteiger partial charge in [0.15, 0.2) is 0 Å². The van der Waals surface area contributed by atoms with E-state index in [9.17, 15) is 9.90 Å². The highest BCUT2D eigenvalue weighted by atomic mass is 16.5. The van der Waals surface area contributed by atoms with Gasteiger partial charge in [0.2, 0.25) is 0 Å². The number of phenolic OH excluding ortho intramolecular Hbond substituents is 1. The van der Waals surface area contributed by atoms with Crippen molar-refractivity contribution < 1.29 is 14.6 Å². The Morgan fingerprint density at radius 1 is 1.41 bits per heavy atom. The van der Waals surface area contributed by atoms with E-state index in [-0.39, 0.29) is 17.6 Å². The van der Waals surface area contributed by atoms with Crippen LogP contribution in [0.2, 0.25) is 0 Å². The van der Waals surface area contributed by atoms with Gasteiger partial charge in [-0.3, -0.25) is 4.79 Å². The number of benzene rings is 1. The maximum absolute atomic E-state index is 11.5. The van der Waals surface area contributed by atoms with Gasteiger partial charge in [-0.15, -0.1) is 0 Å². The first-order chi connectivity index (χ1) is 8.17. The van der Waals surface area contributed by atoms with Crippen molar-refractivity contribution in [1.82, 2.24) is 0 Å². The molecule has 1 aromatic rings. The van der Waals surface area contributed by atoms with Crippen LogP contribution in [0.15, 0.2) is 36.4 Å². The topological polar surface area (TPSA) is 46.5 Å². The molecule has 3 nitrogen and oxygen atoms in total. The minimum Gasteiger partial charge on any atom is -0.508 e. The summed E-state index contributed by atoms with van der Waals surface area (Å²) < 4.78 is 4.94. The molecule has 1 aromatic carbocycles. The number of esters is 1. The summed E-state index contributed by atoms with van der Waals surface area (Å²) in [5.41, 5.74) is 0.994. The van der Waals surface area contributed by atoms with Crippen LogP contribution in [0.1, 0.15) is 31.7 Å². The molecular weight excluding hydrogens is 216 g/mol. The van der Waals surface area contributed by atoms with Gasteiger partial charge in [0.1, 0.15) is 5.75 Å². The van der Waals surface area contributed by atoms with E-state index < -0.39 is 0 Å². The molecule has 0 saturated heterocycles. The summed E-state index contributed by atoms with van der Waals surface area (Å²) >= 11 is 0. The normalized spacial score (nSPS) is 12.6. The van der Waals surface area contributed by atoms with E-state index in [1.54, 1.807) is 19.1 Å². The Morgan fingerprint density at radius 2 is 2.06 bits per heavy atom. The summed E-state index contributed by atoms with van der Waals surface area (Å²) in [6.45, 7) is 4.11. The van der Waals surface area contributed by atoms with Gasteiger partial charge >= 0.3 is 5.97 Å². The third-order valence-electron chi connectivity index (χ3n) is 2.44. The number of carbonyl (C=O) groups excluding carboxylic acids is 1. The third kappa shape index (κ3) is 4.31. The zero-order valence-electron chi connectivity index (χ0n) is 10.2. The van der Waals surface area contributed by atoms with E-state index in [4.69, 9.17) is 4.74 Å². The first kappa shape index (κ1) is 13.3. The van der Waals surface area contributed by atoms with Crippen LogP contribution in [-0.2, 0) is 9.53 Å². The van der Waals surface area contributed by atoms with E-state index in [0.717, 1.165) is 5.56 Å². The molecule has 0 radical (unpaired) electrons. The number of allylic oxidation sites excluding steroid dienone is 2. The molecule has 17 heavy (non-hydrogen) atoms. The zero-order valence-corrected chi connectivity index (χ0v) is 10.2. The second kappa shape index (κ2) is 6.74. The molecule has 0 aromatic heterocycles. The fourth-order valence-electron chi connectivity index (χ4n) is 1.65.